The van der Waals surface area contributed by atoms with Crippen LogP contribution in [0.25, 0.3) is 0 Å². The second-order valence-corrected chi connectivity index (χ2v) is 8.80. The Kier molecular flexibility index (Phi) is 5.34. The zero-order valence-corrected chi connectivity index (χ0v) is 14.8. The van der Waals surface area contributed by atoms with Crippen molar-refractivity contribution < 1.29 is 17.5 Å². The van der Waals surface area contributed by atoms with Gasteiger partial charge in [-0.15, -0.1) is 11.3 Å². The van der Waals surface area contributed by atoms with Crippen LogP contribution in [0.1, 0.15) is 23.3 Å². The van der Waals surface area contributed by atoms with Crippen molar-refractivity contribution in [2.75, 3.05) is 19.8 Å². The second-order valence-electron chi connectivity index (χ2n) is 6.04. The fourth-order valence-electron chi connectivity index (χ4n) is 2.97. The number of thiophene rings is 1. The van der Waals surface area contributed by atoms with Crippen LogP contribution < -0.4 is 4.72 Å². The molecule has 130 valence electrons. The van der Waals surface area contributed by atoms with Crippen LogP contribution in [0.4, 0.5) is 4.39 Å². The number of nitrogens with one attached hydrogen (secondary N) is 1. The van der Waals surface area contributed by atoms with E-state index in [1.54, 1.807) is 23.5 Å². The smallest absolute Gasteiger partial charge is 0.215 e. The van der Waals surface area contributed by atoms with Gasteiger partial charge in [-0.1, -0.05) is 24.3 Å². The molecule has 0 spiro atoms. The molecule has 0 amide bonds. The normalized spacial score (nSPS) is 17.7. The molecule has 0 radical (unpaired) electrons. The molecule has 24 heavy (non-hydrogen) atoms. The van der Waals surface area contributed by atoms with E-state index in [4.69, 9.17) is 4.74 Å². The van der Waals surface area contributed by atoms with Crippen molar-refractivity contribution in [2.45, 2.75) is 24.0 Å². The molecule has 7 heteroatoms. The van der Waals surface area contributed by atoms with Crippen LogP contribution >= 0.6 is 11.3 Å². The Morgan fingerprint density at radius 1 is 1.17 bits per heavy atom. The average Bonchev–Trinajstić information content (AvgIpc) is 3.11. The lowest BCUT2D eigenvalue weighted by atomic mass is 9.79. The first-order chi connectivity index (χ1) is 11.5. The van der Waals surface area contributed by atoms with Crippen molar-refractivity contribution in [2.24, 2.45) is 0 Å². The van der Waals surface area contributed by atoms with Crippen molar-refractivity contribution >= 4 is 21.4 Å². The Hall–Kier alpha value is -1.28. The Morgan fingerprint density at radius 2 is 1.92 bits per heavy atom. The molecule has 1 saturated heterocycles. The van der Waals surface area contributed by atoms with Crippen LogP contribution in [0.15, 0.2) is 41.8 Å². The summed E-state index contributed by atoms with van der Waals surface area (Å²) in [7, 11) is -3.61. The molecule has 0 bridgehead atoms. The van der Waals surface area contributed by atoms with Crippen molar-refractivity contribution in [1.29, 1.82) is 0 Å². The van der Waals surface area contributed by atoms with E-state index >= 15 is 0 Å². The maximum Gasteiger partial charge on any atom is 0.215 e. The highest BCUT2D eigenvalue weighted by Crippen LogP contribution is 2.37. The molecule has 0 aliphatic carbocycles. The van der Waals surface area contributed by atoms with Crippen molar-refractivity contribution in [3.8, 4) is 0 Å². The third-order valence-electron chi connectivity index (χ3n) is 4.43. The summed E-state index contributed by atoms with van der Waals surface area (Å²) in [5, 5.41) is 2.00. The molecular weight excluding hydrogens is 349 g/mol. The number of ether oxygens (including phenoxy) is 1. The summed E-state index contributed by atoms with van der Waals surface area (Å²) < 4.78 is 46.6. The van der Waals surface area contributed by atoms with Gasteiger partial charge in [0.1, 0.15) is 5.82 Å². The molecule has 1 aromatic heterocycles. The summed E-state index contributed by atoms with van der Waals surface area (Å²) in [4.78, 5) is 1.17. The molecule has 2 heterocycles. The highest BCUT2D eigenvalue weighted by Gasteiger charge is 2.36. The largest absolute Gasteiger partial charge is 0.381 e. The minimum atomic E-state index is -3.61. The van der Waals surface area contributed by atoms with Gasteiger partial charge in [0.2, 0.25) is 10.0 Å². The molecule has 0 unspecified atom stereocenters. The minimum Gasteiger partial charge on any atom is -0.381 e. The lowest BCUT2D eigenvalue weighted by molar-refractivity contribution is 0.0529. The van der Waals surface area contributed by atoms with Gasteiger partial charge in [0.05, 0.1) is 5.75 Å². The zero-order chi connectivity index (χ0) is 17.0. The summed E-state index contributed by atoms with van der Waals surface area (Å²) in [6, 6.07) is 9.98. The van der Waals surface area contributed by atoms with E-state index in [0.717, 1.165) is 12.8 Å². The Balaban J connectivity index is 1.73. The molecule has 4 nitrogen and oxygen atoms in total. The maximum atomic E-state index is 13.7. The molecule has 1 aromatic carbocycles. The Labute approximate surface area is 145 Å². The Morgan fingerprint density at radius 3 is 2.58 bits per heavy atom. The molecular formula is C17H20FNO3S2. The van der Waals surface area contributed by atoms with E-state index in [1.165, 1.54) is 17.0 Å². The monoisotopic (exact) mass is 369 g/mol. The first-order valence-electron chi connectivity index (χ1n) is 7.83. The third kappa shape index (κ3) is 4.03. The second kappa shape index (κ2) is 7.31. The van der Waals surface area contributed by atoms with E-state index in [1.807, 2.05) is 17.5 Å². The van der Waals surface area contributed by atoms with Gasteiger partial charge >= 0.3 is 0 Å². The average molecular weight is 369 g/mol. The van der Waals surface area contributed by atoms with Gasteiger partial charge < -0.3 is 4.74 Å². The molecule has 1 aliphatic rings. The van der Waals surface area contributed by atoms with Crippen molar-refractivity contribution in [1.82, 2.24) is 4.72 Å². The topological polar surface area (TPSA) is 55.4 Å². The minimum absolute atomic E-state index is 0.183. The van der Waals surface area contributed by atoms with Gasteiger partial charge in [0.25, 0.3) is 0 Å². The number of halogens is 1. The summed E-state index contributed by atoms with van der Waals surface area (Å²) >= 11 is 1.63. The predicted octanol–water partition coefficient (Wildman–Crippen LogP) is 3.06. The summed E-state index contributed by atoms with van der Waals surface area (Å²) in [6.45, 7) is 1.55. The van der Waals surface area contributed by atoms with Gasteiger partial charge in [-0.2, -0.15) is 0 Å². The van der Waals surface area contributed by atoms with Gasteiger partial charge in [0, 0.05) is 35.6 Å². The zero-order valence-electron chi connectivity index (χ0n) is 13.2. The number of hydrogen-bond acceptors (Lipinski definition) is 4. The molecule has 0 saturated carbocycles. The first-order valence-corrected chi connectivity index (χ1v) is 10.4. The van der Waals surface area contributed by atoms with E-state index < -0.39 is 15.8 Å². The quantitative estimate of drug-likeness (QED) is 0.851. The number of hydrogen-bond donors (Lipinski definition) is 1. The molecule has 0 atom stereocenters. The molecule has 3 rings (SSSR count). The summed E-state index contributed by atoms with van der Waals surface area (Å²) in [5.41, 5.74) is -0.0588. The molecule has 1 fully saturated rings. The fourth-order valence-corrected chi connectivity index (χ4v) is 5.20. The highest BCUT2D eigenvalue weighted by molar-refractivity contribution is 7.88. The molecule has 1 aliphatic heterocycles. The van der Waals surface area contributed by atoms with Gasteiger partial charge in [-0.05, 0) is 30.4 Å². The van der Waals surface area contributed by atoms with Gasteiger partial charge in [0.15, 0.2) is 0 Å². The van der Waals surface area contributed by atoms with E-state index in [9.17, 15) is 12.8 Å². The number of benzene rings is 1. The summed E-state index contributed by atoms with van der Waals surface area (Å²) in [5.74, 6) is -0.849. The SMILES string of the molecule is O=S(=O)(Cc1ccccc1F)NCC1(c2cccs2)CCOCC1. The van der Waals surface area contributed by atoms with Crippen LogP contribution in [-0.4, -0.2) is 28.2 Å². The van der Waals surface area contributed by atoms with Crippen LogP contribution in [0.2, 0.25) is 0 Å². The third-order valence-corrected chi connectivity index (χ3v) is 6.82. The lowest BCUT2D eigenvalue weighted by Crippen LogP contribution is -2.44. The number of sulfonamides is 1. The Bertz CT molecular complexity index is 769. The van der Waals surface area contributed by atoms with Crippen LogP contribution in [0.3, 0.4) is 0 Å². The van der Waals surface area contributed by atoms with Gasteiger partial charge in [-0.25, -0.2) is 17.5 Å². The molecule has 2 aromatic rings. The standard InChI is InChI=1S/C17H20FNO3S2/c18-15-5-2-1-4-14(15)12-24(20,21)19-13-17(7-9-22-10-8-17)16-6-3-11-23-16/h1-6,11,19H,7-10,12-13H2. The van der Waals surface area contributed by atoms with E-state index in [0.29, 0.717) is 19.8 Å². The lowest BCUT2D eigenvalue weighted by Gasteiger charge is -2.36. The fraction of sp³-hybridized carbons (Fsp3) is 0.412. The van der Waals surface area contributed by atoms with Crippen molar-refractivity contribution in [3.63, 3.8) is 0 Å². The van der Waals surface area contributed by atoms with E-state index in [-0.39, 0.29) is 16.7 Å². The van der Waals surface area contributed by atoms with Gasteiger partial charge in [-0.3, -0.25) is 0 Å². The van der Waals surface area contributed by atoms with Crippen LogP contribution in [0.5, 0.6) is 0 Å². The first kappa shape index (κ1) is 17.5. The summed E-state index contributed by atoms with van der Waals surface area (Å²) in [6.07, 6.45) is 1.55. The number of rotatable bonds is 6. The van der Waals surface area contributed by atoms with E-state index in [2.05, 4.69) is 4.72 Å². The van der Waals surface area contributed by atoms with Crippen molar-refractivity contribution in [3.05, 3.63) is 58.0 Å². The predicted molar refractivity (Wildman–Crippen MR) is 93.1 cm³/mol. The van der Waals surface area contributed by atoms with Crippen LogP contribution in [-0.2, 0) is 25.9 Å². The molecule has 1 N–H and O–H groups in total. The van der Waals surface area contributed by atoms with Crippen LogP contribution in [0, 0.1) is 5.82 Å². The maximum absolute atomic E-state index is 13.7. The highest BCUT2D eigenvalue weighted by atomic mass is 32.2.